The summed E-state index contributed by atoms with van der Waals surface area (Å²) in [6, 6.07) is 6.78. The van der Waals surface area contributed by atoms with Crippen LogP contribution in [0.4, 0.5) is 14.9 Å². The van der Waals surface area contributed by atoms with Crippen molar-refractivity contribution in [3.8, 4) is 0 Å². The molecule has 0 aliphatic carbocycles. The van der Waals surface area contributed by atoms with E-state index in [-0.39, 0.29) is 5.69 Å². The fraction of sp³-hybridized carbons (Fsp3) is 0.0769. The van der Waals surface area contributed by atoms with Crippen LogP contribution in [-0.2, 0) is 6.54 Å². The lowest BCUT2D eigenvalue weighted by atomic mass is 10.1. The van der Waals surface area contributed by atoms with Crippen LogP contribution in [0.3, 0.4) is 0 Å². The van der Waals surface area contributed by atoms with E-state index in [0.717, 1.165) is 14.7 Å². The quantitative estimate of drug-likeness (QED) is 0.765. The summed E-state index contributed by atoms with van der Waals surface area (Å²) >= 11 is 4.78. The van der Waals surface area contributed by atoms with Gasteiger partial charge < -0.3 is 15.7 Å². The molecule has 21 heavy (non-hydrogen) atoms. The highest BCUT2D eigenvalue weighted by Crippen LogP contribution is 2.22. The predicted molar refractivity (Wildman–Crippen MR) is 81.2 cm³/mol. The molecule has 0 saturated heterocycles. The summed E-state index contributed by atoms with van der Waals surface area (Å²) in [6.07, 6.45) is 0. The van der Waals surface area contributed by atoms with Gasteiger partial charge >= 0.3 is 12.0 Å². The van der Waals surface area contributed by atoms with E-state index in [9.17, 15) is 14.0 Å². The normalized spacial score (nSPS) is 10.2. The number of anilines is 1. The Morgan fingerprint density at radius 1 is 1.29 bits per heavy atom. The summed E-state index contributed by atoms with van der Waals surface area (Å²) in [6.45, 7) is 0.291. The zero-order valence-electron chi connectivity index (χ0n) is 10.5. The van der Waals surface area contributed by atoms with Gasteiger partial charge in [0.15, 0.2) is 0 Å². The van der Waals surface area contributed by atoms with Crippen LogP contribution in [0.25, 0.3) is 0 Å². The monoisotopic (exact) mass is 372 g/mol. The van der Waals surface area contributed by atoms with Gasteiger partial charge in [-0.05, 0) is 40.2 Å². The molecule has 0 atom stereocenters. The molecular formula is C13H10BrFN2O3S. The van der Waals surface area contributed by atoms with Crippen molar-refractivity contribution in [2.45, 2.75) is 6.54 Å². The third kappa shape index (κ3) is 4.02. The number of carboxylic acid groups (broad SMARTS) is 1. The van der Waals surface area contributed by atoms with Gasteiger partial charge in [-0.1, -0.05) is 6.07 Å². The highest BCUT2D eigenvalue weighted by molar-refractivity contribution is 9.11. The molecule has 2 aromatic rings. The number of rotatable bonds is 4. The molecule has 3 N–H and O–H groups in total. The van der Waals surface area contributed by atoms with Gasteiger partial charge in [0.05, 0.1) is 16.0 Å². The summed E-state index contributed by atoms with van der Waals surface area (Å²) in [5.74, 6) is -2.34. The summed E-state index contributed by atoms with van der Waals surface area (Å²) in [5.41, 5.74) is -0.654. The first kappa shape index (κ1) is 15.5. The smallest absolute Gasteiger partial charge is 0.340 e. The van der Waals surface area contributed by atoms with Gasteiger partial charge in [-0.2, -0.15) is 0 Å². The van der Waals surface area contributed by atoms with Crippen molar-refractivity contribution in [3.05, 3.63) is 50.4 Å². The average molecular weight is 373 g/mol. The van der Waals surface area contributed by atoms with E-state index in [1.165, 1.54) is 23.5 Å². The SMILES string of the molecule is O=C(NCc1ccc(Br)s1)Nc1cccc(F)c1C(=O)O. The summed E-state index contributed by atoms with van der Waals surface area (Å²) in [7, 11) is 0. The van der Waals surface area contributed by atoms with Crippen molar-refractivity contribution in [1.29, 1.82) is 0 Å². The van der Waals surface area contributed by atoms with Crippen LogP contribution >= 0.6 is 27.3 Å². The molecule has 0 aliphatic heterocycles. The van der Waals surface area contributed by atoms with E-state index >= 15 is 0 Å². The van der Waals surface area contributed by atoms with E-state index in [0.29, 0.717) is 6.54 Å². The second kappa shape index (κ2) is 6.68. The molecule has 0 spiro atoms. The van der Waals surface area contributed by atoms with Gasteiger partial charge in [0.2, 0.25) is 0 Å². The van der Waals surface area contributed by atoms with Crippen molar-refractivity contribution in [3.63, 3.8) is 0 Å². The number of benzene rings is 1. The van der Waals surface area contributed by atoms with Crippen molar-refractivity contribution < 1.29 is 19.1 Å². The van der Waals surface area contributed by atoms with Gasteiger partial charge in [0.1, 0.15) is 11.4 Å². The maximum Gasteiger partial charge on any atom is 0.340 e. The second-order valence-corrected chi connectivity index (χ2v) is 6.53. The van der Waals surface area contributed by atoms with Gasteiger partial charge in [0.25, 0.3) is 0 Å². The van der Waals surface area contributed by atoms with Crippen LogP contribution < -0.4 is 10.6 Å². The lowest BCUT2D eigenvalue weighted by Crippen LogP contribution is -2.28. The number of carbonyl (C=O) groups excluding carboxylic acids is 1. The zero-order valence-corrected chi connectivity index (χ0v) is 12.9. The Morgan fingerprint density at radius 3 is 2.67 bits per heavy atom. The van der Waals surface area contributed by atoms with Crippen molar-refractivity contribution in [2.75, 3.05) is 5.32 Å². The van der Waals surface area contributed by atoms with Crippen molar-refractivity contribution in [2.24, 2.45) is 0 Å². The minimum absolute atomic E-state index is 0.0904. The van der Waals surface area contributed by atoms with Gasteiger partial charge in [-0.3, -0.25) is 0 Å². The number of urea groups is 1. The standard InChI is InChI=1S/C13H10BrFN2O3S/c14-10-5-4-7(21-10)6-16-13(20)17-9-3-1-2-8(15)11(9)12(18)19/h1-5H,6H2,(H,18,19)(H2,16,17,20). The molecule has 2 rings (SSSR count). The van der Waals surface area contributed by atoms with Crippen LogP contribution in [0.1, 0.15) is 15.2 Å². The molecule has 0 bridgehead atoms. The first-order valence-corrected chi connectivity index (χ1v) is 7.39. The Morgan fingerprint density at radius 2 is 2.05 bits per heavy atom. The summed E-state index contributed by atoms with van der Waals surface area (Å²) in [4.78, 5) is 23.7. The van der Waals surface area contributed by atoms with Gasteiger partial charge in [-0.25, -0.2) is 14.0 Å². The number of amides is 2. The molecule has 1 aromatic heterocycles. The molecule has 0 unspecified atom stereocenters. The van der Waals surface area contributed by atoms with Crippen LogP contribution in [-0.4, -0.2) is 17.1 Å². The number of aromatic carboxylic acids is 1. The average Bonchev–Trinajstić information content (AvgIpc) is 2.82. The third-order valence-electron chi connectivity index (χ3n) is 2.53. The molecule has 2 amide bonds. The Labute approximate surface area is 131 Å². The molecule has 0 aliphatic rings. The fourth-order valence-corrected chi connectivity index (χ4v) is 3.05. The van der Waals surface area contributed by atoms with E-state index in [1.807, 2.05) is 12.1 Å². The van der Waals surface area contributed by atoms with Crippen molar-refractivity contribution >= 4 is 45.0 Å². The van der Waals surface area contributed by atoms with E-state index in [4.69, 9.17) is 5.11 Å². The number of halogens is 2. The Kier molecular flexibility index (Phi) is 4.92. The second-order valence-electron chi connectivity index (χ2n) is 3.98. The fourth-order valence-electron chi connectivity index (χ4n) is 1.63. The number of hydrogen-bond donors (Lipinski definition) is 3. The lowest BCUT2D eigenvalue weighted by Gasteiger charge is -2.09. The van der Waals surface area contributed by atoms with E-state index < -0.39 is 23.4 Å². The summed E-state index contributed by atoms with van der Waals surface area (Å²) in [5, 5.41) is 13.9. The Balaban J connectivity index is 2.03. The number of thiophene rings is 1. The Hall–Kier alpha value is -1.93. The highest BCUT2D eigenvalue weighted by atomic mass is 79.9. The summed E-state index contributed by atoms with van der Waals surface area (Å²) < 4.78 is 14.4. The van der Waals surface area contributed by atoms with Gasteiger partial charge in [0, 0.05) is 4.88 Å². The van der Waals surface area contributed by atoms with E-state index in [1.54, 1.807) is 0 Å². The molecule has 0 fully saturated rings. The molecule has 5 nitrogen and oxygen atoms in total. The van der Waals surface area contributed by atoms with Crippen LogP contribution in [0, 0.1) is 5.82 Å². The van der Waals surface area contributed by atoms with E-state index in [2.05, 4.69) is 26.6 Å². The van der Waals surface area contributed by atoms with Crippen molar-refractivity contribution in [1.82, 2.24) is 5.32 Å². The van der Waals surface area contributed by atoms with Crippen LogP contribution in [0.15, 0.2) is 34.1 Å². The number of carboxylic acids is 1. The molecule has 110 valence electrons. The maximum atomic E-state index is 13.4. The molecule has 1 heterocycles. The third-order valence-corrected chi connectivity index (χ3v) is 4.15. The largest absolute Gasteiger partial charge is 0.478 e. The first-order valence-electron chi connectivity index (χ1n) is 5.78. The van der Waals surface area contributed by atoms with Crippen LogP contribution in [0.5, 0.6) is 0 Å². The predicted octanol–water partition coefficient (Wildman–Crippen LogP) is 3.67. The lowest BCUT2D eigenvalue weighted by molar-refractivity contribution is 0.0693. The maximum absolute atomic E-state index is 13.4. The Bertz CT molecular complexity index is 690. The highest BCUT2D eigenvalue weighted by Gasteiger charge is 2.17. The molecular weight excluding hydrogens is 363 g/mol. The number of hydrogen-bond acceptors (Lipinski definition) is 3. The number of carbonyl (C=O) groups is 2. The minimum atomic E-state index is -1.44. The topological polar surface area (TPSA) is 78.4 Å². The first-order chi connectivity index (χ1) is 9.97. The molecule has 1 aromatic carbocycles. The van der Waals surface area contributed by atoms with Crippen LogP contribution in [0.2, 0.25) is 0 Å². The molecule has 0 saturated carbocycles. The molecule has 8 heteroatoms. The molecule has 0 radical (unpaired) electrons. The minimum Gasteiger partial charge on any atom is -0.478 e. The van der Waals surface area contributed by atoms with Gasteiger partial charge in [-0.15, -0.1) is 11.3 Å². The number of nitrogens with one attached hydrogen (secondary N) is 2. The zero-order chi connectivity index (χ0) is 15.4.